The molecule has 0 amide bonds. The number of rotatable bonds is 4. The van der Waals surface area contributed by atoms with Gasteiger partial charge in [-0.3, -0.25) is 0 Å². The van der Waals surface area contributed by atoms with Crippen LogP contribution in [0.4, 0.5) is 0 Å². The fourth-order valence-corrected chi connectivity index (χ4v) is 2.90. The second-order valence-electron chi connectivity index (χ2n) is 6.69. The molecule has 2 rings (SSSR count). The van der Waals surface area contributed by atoms with E-state index in [9.17, 15) is 0 Å². The zero-order chi connectivity index (χ0) is 15.0. The van der Waals surface area contributed by atoms with Crippen LogP contribution in [0.25, 0.3) is 0 Å². The Balaban J connectivity index is 2.42. The SMILES string of the molecule is CC(C)(C)[Si](C)(C)Oc1c(CCN)ccc2c1OCO2. The van der Waals surface area contributed by atoms with Crippen molar-refractivity contribution < 1.29 is 13.9 Å². The van der Waals surface area contributed by atoms with Gasteiger partial charge in [0.2, 0.25) is 12.5 Å². The van der Waals surface area contributed by atoms with Gasteiger partial charge < -0.3 is 19.6 Å². The number of nitrogens with two attached hydrogens (primary N) is 1. The molecule has 2 N–H and O–H groups in total. The maximum atomic E-state index is 6.47. The van der Waals surface area contributed by atoms with Gasteiger partial charge >= 0.3 is 0 Å². The number of hydrogen-bond donors (Lipinski definition) is 1. The van der Waals surface area contributed by atoms with Crippen molar-refractivity contribution in [2.24, 2.45) is 5.73 Å². The fraction of sp³-hybridized carbons (Fsp3) is 0.600. The van der Waals surface area contributed by atoms with Gasteiger partial charge in [-0.1, -0.05) is 26.8 Å². The lowest BCUT2D eigenvalue weighted by Crippen LogP contribution is -2.44. The van der Waals surface area contributed by atoms with E-state index in [0.29, 0.717) is 6.54 Å². The molecule has 0 atom stereocenters. The van der Waals surface area contributed by atoms with E-state index in [4.69, 9.17) is 19.6 Å². The van der Waals surface area contributed by atoms with Crippen LogP contribution in [-0.4, -0.2) is 21.7 Å². The Labute approximate surface area is 122 Å². The predicted molar refractivity (Wildman–Crippen MR) is 83.1 cm³/mol. The summed E-state index contributed by atoms with van der Waals surface area (Å²) < 4.78 is 17.5. The second kappa shape index (κ2) is 5.29. The molecule has 1 aromatic carbocycles. The largest absolute Gasteiger partial charge is 0.541 e. The topological polar surface area (TPSA) is 53.7 Å². The van der Waals surface area contributed by atoms with Crippen molar-refractivity contribution in [3.8, 4) is 17.2 Å². The molecule has 0 saturated carbocycles. The van der Waals surface area contributed by atoms with Crippen molar-refractivity contribution in [2.75, 3.05) is 13.3 Å². The van der Waals surface area contributed by atoms with Crippen LogP contribution < -0.4 is 19.6 Å². The third kappa shape index (κ3) is 2.78. The molecular weight excluding hydrogens is 270 g/mol. The molecule has 1 aliphatic heterocycles. The number of hydrogen-bond acceptors (Lipinski definition) is 4. The van der Waals surface area contributed by atoms with E-state index in [1.54, 1.807) is 0 Å². The Morgan fingerprint density at radius 1 is 1.25 bits per heavy atom. The molecule has 0 saturated heterocycles. The highest BCUT2D eigenvalue weighted by atomic mass is 28.4. The third-order valence-corrected chi connectivity index (χ3v) is 8.48. The smallest absolute Gasteiger partial charge is 0.250 e. The van der Waals surface area contributed by atoms with E-state index in [-0.39, 0.29) is 11.8 Å². The molecule has 0 radical (unpaired) electrons. The van der Waals surface area contributed by atoms with Gasteiger partial charge in [0.25, 0.3) is 8.32 Å². The summed E-state index contributed by atoms with van der Waals surface area (Å²) in [6.45, 7) is 12.0. The molecule has 1 aromatic rings. The Kier molecular flexibility index (Phi) is 4.02. The zero-order valence-corrected chi connectivity index (χ0v) is 14.1. The van der Waals surface area contributed by atoms with E-state index in [1.165, 1.54) is 0 Å². The summed E-state index contributed by atoms with van der Waals surface area (Å²) in [5.41, 5.74) is 6.81. The Morgan fingerprint density at radius 3 is 2.55 bits per heavy atom. The Morgan fingerprint density at radius 2 is 1.95 bits per heavy atom. The average molecular weight is 295 g/mol. The van der Waals surface area contributed by atoms with E-state index < -0.39 is 8.32 Å². The standard InChI is InChI=1S/C15H25NO3Si/c1-15(2,3)20(4,5)19-13-11(8-9-16)6-7-12-14(13)18-10-17-12/h6-7H,8-10,16H2,1-5H3. The highest BCUT2D eigenvalue weighted by Gasteiger charge is 2.40. The lowest BCUT2D eigenvalue weighted by Gasteiger charge is -2.37. The molecule has 0 fully saturated rings. The van der Waals surface area contributed by atoms with Crippen molar-refractivity contribution in [1.29, 1.82) is 0 Å². The van der Waals surface area contributed by atoms with Gasteiger partial charge in [0.1, 0.15) is 0 Å². The average Bonchev–Trinajstić information content (AvgIpc) is 2.79. The lowest BCUT2D eigenvalue weighted by atomic mass is 10.1. The van der Waals surface area contributed by atoms with Crippen molar-refractivity contribution in [2.45, 2.75) is 45.3 Å². The van der Waals surface area contributed by atoms with Gasteiger partial charge in [0.05, 0.1) is 0 Å². The summed E-state index contributed by atoms with van der Waals surface area (Å²) in [5, 5.41) is 0.134. The molecule has 0 aliphatic carbocycles. The molecular formula is C15H25NO3Si. The molecule has 0 unspecified atom stereocenters. The first-order valence-corrected chi connectivity index (χ1v) is 9.97. The van der Waals surface area contributed by atoms with Crippen LogP contribution in [0.3, 0.4) is 0 Å². The normalized spacial score (nSPS) is 14.5. The third-order valence-electron chi connectivity index (χ3n) is 4.15. The van der Waals surface area contributed by atoms with Crippen LogP contribution in [0.15, 0.2) is 12.1 Å². The maximum absolute atomic E-state index is 6.47. The Bertz CT molecular complexity index is 495. The van der Waals surface area contributed by atoms with Gasteiger partial charge in [-0.25, -0.2) is 0 Å². The van der Waals surface area contributed by atoms with Crippen molar-refractivity contribution >= 4 is 8.32 Å². The van der Waals surface area contributed by atoms with E-state index in [0.717, 1.165) is 29.2 Å². The van der Waals surface area contributed by atoms with Crippen LogP contribution >= 0.6 is 0 Å². The monoisotopic (exact) mass is 295 g/mol. The second-order valence-corrected chi connectivity index (χ2v) is 11.4. The molecule has 112 valence electrons. The molecule has 0 aromatic heterocycles. The lowest BCUT2D eigenvalue weighted by molar-refractivity contribution is 0.172. The van der Waals surface area contributed by atoms with E-state index >= 15 is 0 Å². The van der Waals surface area contributed by atoms with Crippen LogP contribution in [0, 0.1) is 0 Å². The number of ether oxygens (including phenoxy) is 2. The summed E-state index contributed by atoms with van der Waals surface area (Å²) in [5.74, 6) is 2.33. The van der Waals surface area contributed by atoms with Gasteiger partial charge in [0.15, 0.2) is 11.5 Å². The summed E-state index contributed by atoms with van der Waals surface area (Å²) in [7, 11) is -1.93. The highest BCUT2D eigenvalue weighted by molar-refractivity contribution is 6.74. The fourth-order valence-electron chi connectivity index (χ4n) is 1.86. The van der Waals surface area contributed by atoms with Crippen molar-refractivity contribution in [1.82, 2.24) is 0 Å². The molecule has 1 aliphatic rings. The first kappa shape index (κ1) is 15.2. The zero-order valence-electron chi connectivity index (χ0n) is 13.1. The first-order valence-electron chi connectivity index (χ1n) is 7.07. The molecule has 4 nitrogen and oxygen atoms in total. The molecule has 20 heavy (non-hydrogen) atoms. The molecule has 0 spiro atoms. The van der Waals surface area contributed by atoms with Crippen LogP contribution in [0.2, 0.25) is 18.1 Å². The summed E-state index contributed by atoms with van der Waals surface area (Å²) >= 11 is 0. The van der Waals surface area contributed by atoms with Crippen molar-refractivity contribution in [3.63, 3.8) is 0 Å². The highest BCUT2D eigenvalue weighted by Crippen LogP contribution is 2.47. The van der Waals surface area contributed by atoms with Gasteiger partial charge in [0, 0.05) is 0 Å². The Hall–Kier alpha value is -1.20. The van der Waals surface area contributed by atoms with Crippen molar-refractivity contribution in [3.05, 3.63) is 17.7 Å². The number of fused-ring (bicyclic) bond motifs is 1. The molecule has 0 bridgehead atoms. The first-order chi connectivity index (χ1) is 9.26. The minimum atomic E-state index is -1.93. The minimum absolute atomic E-state index is 0.134. The van der Waals surface area contributed by atoms with E-state index in [2.05, 4.69) is 33.9 Å². The van der Waals surface area contributed by atoms with Crippen LogP contribution in [0.5, 0.6) is 17.2 Å². The van der Waals surface area contributed by atoms with Crippen LogP contribution in [-0.2, 0) is 6.42 Å². The van der Waals surface area contributed by atoms with Crippen LogP contribution in [0.1, 0.15) is 26.3 Å². The predicted octanol–water partition coefficient (Wildman–Crippen LogP) is 3.30. The maximum Gasteiger partial charge on any atom is 0.250 e. The van der Waals surface area contributed by atoms with Gasteiger partial charge in [-0.05, 0) is 42.7 Å². The summed E-state index contributed by atoms with van der Waals surface area (Å²) in [6, 6.07) is 3.97. The minimum Gasteiger partial charge on any atom is -0.541 e. The quantitative estimate of drug-likeness (QED) is 0.866. The molecule has 5 heteroatoms. The summed E-state index contributed by atoms with van der Waals surface area (Å²) in [6.07, 6.45) is 0.778. The summed E-state index contributed by atoms with van der Waals surface area (Å²) in [4.78, 5) is 0. The van der Waals surface area contributed by atoms with Gasteiger partial charge in [-0.2, -0.15) is 0 Å². The van der Waals surface area contributed by atoms with Gasteiger partial charge in [-0.15, -0.1) is 0 Å². The molecule has 1 heterocycles. The van der Waals surface area contributed by atoms with E-state index in [1.807, 2.05) is 12.1 Å². The number of benzene rings is 1.